The number of hydrogen-bond donors (Lipinski definition) is 1. The average molecular weight is 313 g/mol. The Morgan fingerprint density at radius 2 is 1.95 bits per heavy atom. The lowest BCUT2D eigenvalue weighted by Crippen LogP contribution is -2.13. The van der Waals surface area contributed by atoms with Crippen molar-refractivity contribution in [2.24, 2.45) is 0 Å². The summed E-state index contributed by atoms with van der Waals surface area (Å²) in [6.45, 7) is 3.69. The van der Waals surface area contributed by atoms with Crippen molar-refractivity contribution >= 4 is 34.8 Å². The summed E-state index contributed by atoms with van der Waals surface area (Å²) in [6.07, 6.45) is 0.875. The van der Waals surface area contributed by atoms with E-state index < -0.39 is 0 Å². The van der Waals surface area contributed by atoms with E-state index >= 15 is 0 Å². The number of aryl methyl sites for hydroxylation is 2. The molecule has 1 heterocycles. The maximum atomic E-state index is 12.0. The second-order valence-electron chi connectivity index (χ2n) is 4.45. The zero-order valence-electron chi connectivity index (χ0n) is 11.2. The Hall–Kier alpha value is -1.52. The van der Waals surface area contributed by atoms with Gasteiger partial charge in [0.2, 0.25) is 5.91 Å². The van der Waals surface area contributed by atoms with E-state index in [2.05, 4.69) is 10.5 Å². The first-order chi connectivity index (χ1) is 9.49. The zero-order valence-corrected chi connectivity index (χ0v) is 12.7. The van der Waals surface area contributed by atoms with E-state index in [1.54, 1.807) is 18.2 Å². The predicted octanol–water partition coefficient (Wildman–Crippen LogP) is 4.17. The van der Waals surface area contributed by atoms with Crippen molar-refractivity contribution in [1.29, 1.82) is 0 Å². The quantitative estimate of drug-likeness (QED) is 0.921. The lowest BCUT2D eigenvalue weighted by atomic mass is 10.1. The van der Waals surface area contributed by atoms with E-state index in [4.69, 9.17) is 27.7 Å². The molecule has 0 unspecified atom stereocenters. The molecule has 6 heteroatoms. The number of anilines is 1. The molecule has 0 saturated heterocycles. The Labute approximate surface area is 127 Å². The number of benzene rings is 1. The van der Waals surface area contributed by atoms with Crippen LogP contribution >= 0.6 is 23.2 Å². The summed E-state index contributed by atoms with van der Waals surface area (Å²) in [6, 6.07) is 5.08. The van der Waals surface area contributed by atoms with Gasteiger partial charge < -0.3 is 9.84 Å². The third-order valence-electron chi connectivity index (χ3n) is 3.01. The molecular formula is C14H14Cl2N2O2. The molecule has 4 nitrogen and oxygen atoms in total. The standard InChI is InChI=1S/C14H14Cl2N2O2/c1-8-10(9(2)20-18-8)6-7-13(19)17-14-11(15)4-3-5-12(14)16/h3-5H,6-7H2,1-2H3,(H,17,19). The SMILES string of the molecule is Cc1noc(C)c1CCC(=O)Nc1c(Cl)cccc1Cl. The first kappa shape index (κ1) is 14.9. The number of para-hydroxylation sites is 1. The van der Waals surface area contributed by atoms with Crippen molar-refractivity contribution in [3.8, 4) is 0 Å². The summed E-state index contributed by atoms with van der Waals surface area (Å²) in [4.78, 5) is 12.0. The van der Waals surface area contributed by atoms with Gasteiger partial charge in [-0.2, -0.15) is 0 Å². The number of amides is 1. The molecule has 0 saturated carbocycles. The van der Waals surface area contributed by atoms with Crippen molar-refractivity contribution in [2.45, 2.75) is 26.7 Å². The van der Waals surface area contributed by atoms with Crippen LogP contribution in [0.25, 0.3) is 0 Å². The van der Waals surface area contributed by atoms with E-state index in [0.717, 1.165) is 17.0 Å². The summed E-state index contributed by atoms with van der Waals surface area (Å²) in [5, 5.41) is 7.42. The van der Waals surface area contributed by atoms with Crippen molar-refractivity contribution in [3.63, 3.8) is 0 Å². The van der Waals surface area contributed by atoms with Gasteiger partial charge >= 0.3 is 0 Å². The fraction of sp³-hybridized carbons (Fsp3) is 0.286. The van der Waals surface area contributed by atoms with Crippen molar-refractivity contribution in [3.05, 3.63) is 45.3 Å². The minimum Gasteiger partial charge on any atom is -0.361 e. The highest BCUT2D eigenvalue weighted by Crippen LogP contribution is 2.30. The second kappa shape index (κ2) is 6.29. The third-order valence-corrected chi connectivity index (χ3v) is 3.64. The van der Waals surface area contributed by atoms with Crippen molar-refractivity contribution < 1.29 is 9.32 Å². The molecule has 0 aliphatic rings. The van der Waals surface area contributed by atoms with Crippen LogP contribution in [0, 0.1) is 13.8 Å². The van der Waals surface area contributed by atoms with Crippen LogP contribution in [-0.4, -0.2) is 11.1 Å². The number of nitrogens with one attached hydrogen (secondary N) is 1. The van der Waals surface area contributed by atoms with Gasteiger partial charge in [-0.15, -0.1) is 0 Å². The van der Waals surface area contributed by atoms with Crippen molar-refractivity contribution in [2.75, 3.05) is 5.32 Å². The highest BCUT2D eigenvalue weighted by atomic mass is 35.5. The van der Waals surface area contributed by atoms with Gasteiger partial charge in [-0.05, 0) is 32.4 Å². The highest BCUT2D eigenvalue weighted by Gasteiger charge is 2.13. The highest BCUT2D eigenvalue weighted by molar-refractivity contribution is 6.39. The molecule has 0 bridgehead atoms. The van der Waals surface area contributed by atoms with Crippen LogP contribution in [0.3, 0.4) is 0 Å². The molecule has 1 amide bonds. The Kier molecular flexibility index (Phi) is 4.68. The Morgan fingerprint density at radius 3 is 2.50 bits per heavy atom. The number of carbonyl (C=O) groups is 1. The number of rotatable bonds is 4. The minimum absolute atomic E-state index is 0.153. The molecule has 0 atom stereocenters. The number of aromatic nitrogens is 1. The van der Waals surface area contributed by atoms with Crippen LogP contribution in [0.5, 0.6) is 0 Å². The Morgan fingerprint density at radius 1 is 1.30 bits per heavy atom. The van der Waals surface area contributed by atoms with Gasteiger partial charge in [0.05, 0.1) is 21.4 Å². The monoisotopic (exact) mass is 312 g/mol. The Balaban J connectivity index is 2.00. The summed E-state index contributed by atoms with van der Waals surface area (Å²) in [5.74, 6) is 0.589. The maximum Gasteiger partial charge on any atom is 0.224 e. The molecule has 20 heavy (non-hydrogen) atoms. The fourth-order valence-electron chi connectivity index (χ4n) is 1.92. The molecule has 106 valence electrons. The molecule has 2 rings (SSSR count). The molecule has 0 aliphatic carbocycles. The number of carbonyl (C=O) groups excluding carboxylic acids is 1. The first-order valence-electron chi connectivity index (χ1n) is 6.14. The second-order valence-corrected chi connectivity index (χ2v) is 5.26. The zero-order chi connectivity index (χ0) is 14.7. The molecule has 1 aromatic carbocycles. The average Bonchev–Trinajstić information content (AvgIpc) is 2.71. The summed E-state index contributed by atoms with van der Waals surface area (Å²) < 4.78 is 5.06. The molecule has 0 fully saturated rings. The van der Waals surface area contributed by atoms with E-state index in [1.165, 1.54) is 0 Å². The van der Waals surface area contributed by atoms with Gasteiger partial charge in [-0.1, -0.05) is 34.4 Å². The summed E-state index contributed by atoms with van der Waals surface area (Å²) >= 11 is 12.0. The van der Waals surface area contributed by atoms with E-state index in [-0.39, 0.29) is 5.91 Å². The van der Waals surface area contributed by atoms with Gasteiger partial charge in [0.1, 0.15) is 5.76 Å². The topological polar surface area (TPSA) is 55.1 Å². The van der Waals surface area contributed by atoms with Crippen molar-refractivity contribution in [1.82, 2.24) is 5.16 Å². The first-order valence-corrected chi connectivity index (χ1v) is 6.90. The van der Waals surface area contributed by atoms with Gasteiger partial charge in [0, 0.05) is 12.0 Å². The number of halogens is 2. The molecule has 0 aliphatic heterocycles. The molecule has 2 aromatic rings. The lowest BCUT2D eigenvalue weighted by molar-refractivity contribution is -0.116. The van der Waals surface area contributed by atoms with Crippen LogP contribution in [0.4, 0.5) is 5.69 Å². The number of hydrogen-bond acceptors (Lipinski definition) is 3. The van der Waals surface area contributed by atoms with Crippen LogP contribution in [-0.2, 0) is 11.2 Å². The normalized spacial score (nSPS) is 10.6. The Bertz CT molecular complexity index is 598. The van der Waals surface area contributed by atoms with Gasteiger partial charge in [0.15, 0.2) is 0 Å². The van der Waals surface area contributed by atoms with Crippen LogP contribution in [0.15, 0.2) is 22.7 Å². The molecular weight excluding hydrogens is 299 g/mol. The van der Waals surface area contributed by atoms with Gasteiger partial charge in [-0.25, -0.2) is 0 Å². The lowest BCUT2D eigenvalue weighted by Gasteiger charge is -2.08. The fourth-order valence-corrected chi connectivity index (χ4v) is 2.41. The molecule has 1 aromatic heterocycles. The summed E-state index contributed by atoms with van der Waals surface area (Å²) in [7, 11) is 0. The molecule has 0 radical (unpaired) electrons. The van der Waals surface area contributed by atoms with E-state index in [0.29, 0.717) is 28.6 Å². The van der Waals surface area contributed by atoms with E-state index in [1.807, 2.05) is 13.8 Å². The van der Waals surface area contributed by atoms with Gasteiger partial charge in [-0.3, -0.25) is 4.79 Å². The molecule has 1 N–H and O–H groups in total. The maximum absolute atomic E-state index is 12.0. The van der Waals surface area contributed by atoms with Crippen LogP contribution in [0.2, 0.25) is 10.0 Å². The minimum atomic E-state index is -0.153. The number of nitrogens with zero attached hydrogens (tertiary/aromatic N) is 1. The molecule has 0 spiro atoms. The largest absolute Gasteiger partial charge is 0.361 e. The van der Waals surface area contributed by atoms with Crippen LogP contribution in [0.1, 0.15) is 23.4 Å². The van der Waals surface area contributed by atoms with E-state index in [9.17, 15) is 4.79 Å². The third kappa shape index (κ3) is 3.32. The summed E-state index contributed by atoms with van der Waals surface area (Å²) in [5.41, 5.74) is 2.22. The smallest absolute Gasteiger partial charge is 0.224 e. The van der Waals surface area contributed by atoms with Gasteiger partial charge in [0.25, 0.3) is 0 Å². The predicted molar refractivity (Wildman–Crippen MR) is 79.4 cm³/mol. The van der Waals surface area contributed by atoms with Crippen LogP contribution < -0.4 is 5.32 Å².